The number of aromatic hydroxyl groups is 1. The quantitative estimate of drug-likeness (QED) is 0.121. The Morgan fingerprint density at radius 3 is 2.55 bits per heavy atom. The maximum absolute atomic E-state index is 14.7. The van der Waals surface area contributed by atoms with E-state index in [0.29, 0.717) is 49.9 Å². The number of carbonyl (C=O) groups is 5. The minimum absolute atomic E-state index is 0.0120. The number of methoxy groups -OCH3 is 1. The molecule has 0 radical (unpaired) electrons. The van der Waals surface area contributed by atoms with Gasteiger partial charge >= 0.3 is 5.97 Å². The van der Waals surface area contributed by atoms with Crippen molar-refractivity contribution in [1.29, 1.82) is 0 Å². The lowest BCUT2D eigenvalue weighted by molar-refractivity contribution is -0.155. The molecular formula is C52H67N7O8. The molecule has 0 aliphatic carbocycles. The van der Waals surface area contributed by atoms with Crippen LogP contribution in [0.3, 0.4) is 0 Å². The number of nitrogens with one attached hydrogen (secondary N) is 2. The molecule has 15 heteroatoms. The van der Waals surface area contributed by atoms with Gasteiger partial charge in [0, 0.05) is 74.8 Å². The Labute approximate surface area is 393 Å². The van der Waals surface area contributed by atoms with Gasteiger partial charge in [-0.3, -0.25) is 34.0 Å². The molecule has 3 aliphatic rings. The summed E-state index contributed by atoms with van der Waals surface area (Å²) in [6, 6.07) is 10.7. The van der Waals surface area contributed by atoms with Crippen molar-refractivity contribution in [2.24, 2.45) is 17.3 Å². The number of hydrazine groups is 1. The van der Waals surface area contributed by atoms with Gasteiger partial charge < -0.3 is 34.3 Å². The van der Waals surface area contributed by atoms with Gasteiger partial charge in [-0.25, -0.2) is 5.43 Å². The van der Waals surface area contributed by atoms with Crippen molar-refractivity contribution in [3.05, 3.63) is 83.7 Å². The summed E-state index contributed by atoms with van der Waals surface area (Å²) in [6.45, 7) is 19.2. The van der Waals surface area contributed by atoms with Crippen molar-refractivity contribution in [3.8, 4) is 28.1 Å². The number of hydrogen-bond donors (Lipinski definition) is 3. The van der Waals surface area contributed by atoms with Gasteiger partial charge in [-0.1, -0.05) is 46.4 Å². The van der Waals surface area contributed by atoms with Crippen LogP contribution in [0.5, 0.6) is 5.75 Å². The number of aromatic nitrogens is 2. The summed E-state index contributed by atoms with van der Waals surface area (Å²) >= 11 is 0. The van der Waals surface area contributed by atoms with Crippen LogP contribution in [0.1, 0.15) is 89.3 Å². The Hall–Kier alpha value is -6.06. The summed E-state index contributed by atoms with van der Waals surface area (Å²) < 4.78 is 14.3. The summed E-state index contributed by atoms with van der Waals surface area (Å²) in [7, 11) is 3.26. The molecule has 2 saturated heterocycles. The highest BCUT2D eigenvalue weighted by Crippen LogP contribution is 2.42. The average molecular weight is 918 g/mol. The van der Waals surface area contributed by atoms with Crippen molar-refractivity contribution in [3.63, 3.8) is 0 Å². The number of nitrogens with zero attached hydrogens (tertiary/aromatic N) is 5. The van der Waals surface area contributed by atoms with Gasteiger partial charge in [-0.2, -0.15) is 0 Å². The molecule has 7 rings (SSSR count). The number of carbonyl (C=O) groups excluding carboxylic acids is 5. The molecular weight excluding hydrogens is 851 g/mol. The van der Waals surface area contributed by atoms with Gasteiger partial charge in [0.05, 0.1) is 30.0 Å². The summed E-state index contributed by atoms with van der Waals surface area (Å²) in [4.78, 5) is 77.4. The van der Waals surface area contributed by atoms with E-state index in [9.17, 15) is 29.1 Å². The first-order valence-electron chi connectivity index (χ1n) is 23.5. The van der Waals surface area contributed by atoms with Crippen LogP contribution in [0.2, 0.25) is 0 Å². The molecule has 6 bridgehead atoms. The second-order valence-corrected chi connectivity index (χ2v) is 19.7. The molecule has 0 saturated carbocycles. The highest BCUT2D eigenvalue weighted by atomic mass is 16.5. The molecule has 3 aliphatic heterocycles. The van der Waals surface area contributed by atoms with Crippen LogP contribution in [0, 0.1) is 24.2 Å². The maximum Gasteiger partial charge on any atom is 0.324 e. The Bertz CT molecular complexity index is 2570. The maximum atomic E-state index is 14.7. The number of benzene rings is 2. The molecule has 5 heterocycles. The predicted octanol–water partition coefficient (Wildman–Crippen LogP) is 6.28. The van der Waals surface area contributed by atoms with E-state index >= 15 is 0 Å². The minimum atomic E-state index is -1.17. The number of rotatable bonds is 10. The number of esters is 1. The molecule has 0 spiro atoms. The van der Waals surface area contributed by atoms with E-state index in [4.69, 9.17) is 14.5 Å². The van der Waals surface area contributed by atoms with E-state index in [-0.39, 0.29) is 55.7 Å². The number of phenols is 1. The third kappa shape index (κ3) is 10.3. The second kappa shape index (κ2) is 20.0. The number of likely N-dealkylation sites (N-methyl/N-ethyl adjacent to an activating group) is 1. The van der Waals surface area contributed by atoms with Gasteiger partial charge in [-0.05, 0) is 117 Å². The number of aryl methyl sites for hydroxylation is 2. The number of amides is 4. The van der Waals surface area contributed by atoms with Gasteiger partial charge in [0.1, 0.15) is 23.9 Å². The number of likely N-dealkylation sites (tertiary alicyclic amines) is 1. The lowest BCUT2D eigenvalue weighted by Crippen LogP contribution is -2.62. The van der Waals surface area contributed by atoms with Crippen molar-refractivity contribution < 1.29 is 38.6 Å². The van der Waals surface area contributed by atoms with Gasteiger partial charge in [0.15, 0.2) is 0 Å². The zero-order valence-electron chi connectivity index (χ0n) is 40.5. The molecule has 4 amide bonds. The number of fused-ring (bicyclic) bond motifs is 6. The van der Waals surface area contributed by atoms with Crippen LogP contribution in [-0.2, 0) is 52.8 Å². The monoisotopic (exact) mass is 918 g/mol. The van der Waals surface area contributed by atoms with E-state index in [1.807, 2.05) is 46.0 Å². The fourth-order valence-electron chi connectivity index (χ4n) is 10.1. The van der Waals surface area contributed by atoms with Crippen LogP contribution in [-0.4, -0.2) is 118 Å². The van der Waals surface area contributed by atoms with E-state index in [0.717, 1.165) is 44.5 Å². The number of pyridine rings is 1. The van der Waals surface area contributed by atoms with Gasteiger partial charge in [0.2, 0.25) is 17.7 Å². The molecule has 15 nitrogen and oxygen atoms in total. The molecule has 2 aromatic carbocycles. The van der Waals surface area contributed by atoms with Crippen LogP contribution in [0.15, 0.2) is 61.3 Å². The standard InChI is InChI=1S/C52H67N7O8/c1-11-44(61)57-19-17-35(28-57)49(63)56(9)46(30(3)4)48(62)54-42-23-33-21-36(24-37(60)22-33)34-15-16-43-38(25-34)40(47(58(43)12-2)39-20-31(5)27-53-45(39)32(6)66-10)26-52(7,8)29-67-51(65)41-14-13-18-59(55-41)50(42)64/h11,15-16,20-22,24-25,27,30,32,35,41-42,46,55,60H,1,12-14,17-19,23,26,28-29H2,2-10H3,(H,54,62)/t32-,35-,41-,42-,46-/m0/s1. The molecule has 2 fully saturated rings. The lowest BCUT2D eigenvalue weighted by atomic mass is 9.84. The van der Waals surface area contributed by atoms with Crippen LogP contribution in [0.4, 0.5) is 0 Å². The van der Waals surface area contributed by atoms with Gasteiger partial charge in [0.25, 0.3) is 5.91 Å². The highest BCUT2D eigenvalue weighted by Gasteiger charge is 2.40. The lowest BCUT2D eigenvalue weighted by Gasteiger charge is -2.37. The molecule has 5 atom stereocenters. The summed E-state index contributed by atoms with van der Waals surface area (Å²) in [5, 5.41) is 16.7. The van der Waals surface area contributed by atoms with E-state index in [1.165, 1.54) is 16.0 Å². The van der Waals surface area contributed by atoms with E-state index in [2.05, 4.69) is 60.9 Å². The largest absolute Gasteiger partial charge is 0.508 e. The number of hydrogen-bond acceptors (Lipinski definition) is 10. The Morgan fingerprint density at radius 2 is 1.85 bits per heavy atom. The minimum Gasteiger partial charge on any atom is -0.508 e. The number of cyclic esters (lactones) is 1. The molecule has 67 heavy (non-hydrogen) atoms. The first-order chi connectivity index (χ1) is 31.8. The summed E-state index contributed by atoms with van der Waals surface area (Å²) in [6.07, 6.45) is 4.72. The SMILES string of the molecule is C=CC(=O)N1CC[C@H](C(=O)N(C)[C@H](C(=O)N[C@H]2Cc3cc(O)cc(c3)-c3ccc4c(c3)c(c(-c3cc(C)cnc3[C@H](C)OC)n4CC)CC(C)(C)COC(=O)[C@@H]3CCCN(N3)C2=O)C(C)C)C1. The molecule has 0 unspecified atom stereocenters. The molecule has 4 aromatic rings. The first-order valence-corrected chi connectivity index (χ1v) is 23.5. The summed E-state index contributed by atoms with van der Waals surface area (Å²) in [5.41, 5.74) is 10.6. The van der Waals surface area contributed by atoms with Crippen molar-refractivity contribution in [1.82, 2.24) is 35.1 Å². The topological polar surface area (TPSA) is 176 Å². The van der Waals surface area contributed by atoms with Crippen molar-refractivity contribution in [2.45, 2.75) is 111 Å². The predicted molar refractivity (Wildman–Crippen MR) is 256 cm³/mol. The fourth-order valence-corrected chi connectivity index (χ4v) is 10.1. The van der Waals surface area contributed by atoms with Crippen LogP contribution < -0.4 is 10.7 Å². The van der Waals surface area contributed by atoms with Crippen molar-refractivity contribution >= 4 is 40.5 Å². The smallest absolute Gasteiger partial charge is 0.324 e. The highest BCUT2D eigenvalue weighted by molar-refractivity contribution is 5.96. The third-order valence-corrected chi connectivity index (χ3v) is 13.6. The first kappa shape index (κ1) is 48.9. The Balaban J connectivity index is 1.32. The molecule has 358 valence electrons. The Morgan fingerprint density at radius 1 is 1.09 bits per heavy atom. The third-order valence-electron chi connectivity index (χ3n) is 13.6. The zero-order valence-corrected chi connectivity index (χ0v) is 40.5. The second-order valence-electron chi connectivity index (χ2n) is 19.7. The Kier molecular flexibility index (Phi) is 14.6. The van der Waals surface area contributed by atoms with Crippen molar-refractivity contribution in [2.75, 3.05) is 40.4 Å². The van der Waals surface area contributed by atoms with E-state index < -0.39 is 47.2 Å². The molecule has 3 N–H and O–H groups in total. The fraction of sp³-hybridized carbons (Fsp3) is 0.500. The zero-order chi connectivity index (χ0) is 48.5. The average Bonchev–Trinajstić information content (AvgIpc) is 3.92. The van der Waals surface area contributed by atoms with Gasteiger partial charge in [-0.15, -0.1) is 0 Å². The summed E-state index contributed by atoms with van der Waals surface area (Å²) in [5.74, 6) is -2.87. The van der Waals surface area contributed by atoms with Crippen LogP contribution >= 0.6 is 0 Å². The molecule has 2 aromatic heterocycles. The number of ether oxygens (including phenoxy) is 2. The normalized spacial score (nSPS) is 20.8. The van der Waals surface area contributed by atoms with E-state index in [1.54, 1.807) is 31.2 Å². The van der Waals surface area contributed by atoms with Crippen LogP contribution in [0.25, 0.3) is 33.3 Å². The number of phenolic OH excluding ortho intramolecular Hbond substituents is 1.